The van der Waals surface area contributed by atoms with E-state index in [0.29, 0.717) is 30.8 Å². The zero-order chi connectivity index (χ0) is 17.1. The van der Waals surface area contributed by atoms with E-state index in [2.05, 4.69) is 40.3 Å². The van der Waals surface area contributed by atoms with Crippen LogP contribution < -0.4 is 5.32 Å². The number of halogens is 1. The number of hydrogen-bond donors (Lipinski definition) is 2. The topological polar surface area (TPSA) is 70.2 Å². The van der Waals surface area contributed by atoms with Gasteiger partial charge in [-0.1, -0.05) is 13.8 Å². The maximum absolute atomic E-state index is 12.1. The summed E-state index contributed by atoms with van der Waals surface area (Å²) in [6.07, 6.45) is 2.99. The van der Waals surface area contributed by atoms with E-state index in [1.165, 1.54) is 24.2 Å². The van der Waals surface area contributed by atoms with Crippen molar-refractivity contribution in [1.82, 2.24) is 20.4 Å². The SMILES string of the molecule is COCCC(=O)N[C@H]1CN(Cc2cc(C3CC3)n[nH]2)C[C@@H]1C(C)C.Cl. The van der Waals surface area contributed by atoms with Gasteiger partial charge in [0.05, 0.1) is 12.3 Å². The molecule has 7 heteroatoms. The predicted octanol–water partition coefficient (Wildman–Crippen LogP) is 2.32. The van der Waals surface area contributed by atoms with Gasteiger partial charge in [-0.05, 0) is 30.7 Å². The third-order valence-electron chi connectivity index (χ3n) is 5.22. The molecule has 2 aliphatic rings. The van der Waals surface area contributed by atoms with Crippen molar-refractivity contribution in [3.8, 4) is 0 Å². The van der Waals surface area contributed by atoms with E-state index in [1.807, 2.05) is 0 Å². The van der Waals surface area contributed by atoms with Crippen LogP contribution in [0.4, 0.5) is 0 Å². The molecule has 1 saturated heterocycles. The van der Waals surface area contributed by atoms with Crippen LogP contribution in [0.5, 0.6) is 0 Å². The molecular formula is C18H31ClN4O2. The highest BCUT2D eigenvalue weighted by molar-refractivity contribution is 5.85. The molecule has 0 bridgehead atoms. The minimum atomic E-state index is 0. The van der Waals surface area contributed by atoms with Crippen LogP contribution in [0.15, 0.2) is 6.07 Å². The Balaban J connectivity index is 0.00000225. The minimum Gasteiger partial charge on any atom is -0.384 e. The Morgan fingerprint density at radius 2 is 2.20 bits per heavy atom. The molecule has 0 radical (unpaired) electrons. The number of carbonyl (C=O) groups is 1. The standard InChI is InChI=1S/C18H30N4O2.ClH/c1-12(2)15-10-22(11-17(15)19-18(23)6-7-24-3)9-14-8-16(21-20-14)13-4-5-13;/h8,12-13,15,17H,4-7,9-11H2,1-3H3,(H,19,23)(H,20,21);1H/t15-,17+;/m1./s1. The Hall–Kier alpha value is -1.11. The second kappa shape index (κ2) is 9.01. The van der Waals surface area contributed by atoms with Gasteiger partial charge in [-0.3, -0.25) is 14.8 Å². The number of H-pyrrole nitrogens is 1. The quantitative estimate of drug-likeness (QED) is 0.736. The normalized spacial score (nSPS) is 23.7. The number of amides is 1. The van der Waals surface area contributed by atoms with Gasteiger partial charge in [0.15, 0.2) is 0 Å². The lowest BCUT2D eigenvalue weighted by atomic mass is 9.91. The fourth-order valence-corrected chi connectivity index (χ4v) is 3.63. The molecule has 2 fully saturated rings. The summed E-state index contributed by atoms with van der Waals surface area (Å²) in [4.78, 5) is 14.5. The highest BCUT2D eigenvalue weighted by Gasteiger charge is 2.35. The summed E-state index contributed by atoms with van der Waals surface area (Å²) in [5.41, 5.74) is 2.40. The molecule has 0 unspecified atom stereocenters. The van der Waals surface area contributed by atoms with Crippen LogP contribution in [0.1, 0.15) is 50.4 Å². The fourth-order valence-electron chi connectivity index (χ4n) is 3.63. The fraction of sp³-hybridized carbons (Fsp3) is 0.778. The van der Waals surface area contributed by atoms with Gasteiger partial charge in [0.2, 0.25) is 5.91 Å². The molecule has 0 spiro atoms. The van der Waals surface area contributed by atoms with Crippen molar-refractivity contribution in [2.75, 3.05) is 26.8 Å². The number of carbonyl (C=O) groups excluding carboxylic acids is 1. The number of aromatic amines is 1. The van der Waals surface area contributed by atoms with Crippen molar-refractivity contribution in [2.24, 2.45) is 11.8 Å². The van der Waals surface area contributed by atoms with Gasteiger partial charge in [-0.25, -0.2) is 0 Å². The molecule has 1 saturated carbocycles. The number of ether oxygens (including phenoxy) is 1. The number of nitrogens with zero attached hydrogens (tertiary/aromatic N) is 2. The minimum absolute atomic E-state index is 0. The lowest BCUT2D eigenvalue weighted by Gasteiger charge is -2.22. The van der Waals surface area contributed by atoms with E-state index in [1.54, 1.807) is 7.11 Å². The number of rotatable bonds is 8. The molecule has 142 valence electrons. The van der Waals surface area contributed by atoms with Crippen molar-refractivity contribution < 1.29 is 9.53 Å². The lowest BCUT2D eigenvalue weighted by molar-refractivity contribution is -0.122. The van der Waals surface area contributed by atoms with E-state index >= 15 is 0 Å². The van der Waals surface area contributed by atoms with Crippen LogP contribution in [0, 0.1) is 11.8 Å². The monoisotopic (exact) mass is 370 g/mol. The summed E-state index contributed by atoms with van der Waals surface area (Å²) in [5.74, 6) is 1.81. The molecule has 1 aromatic rings. The zero-order valence-electron chi connectivity index (χ0n) is 15.5. The first-order valence-electron chi connectivity index (χ1n) is 9.11. The smallest absolute Gasteiger partial charge is 0.222 e. The maximum atomic E-state index is 12.1. The van der Waals surface area contributed by atoms with E-state index in [9.17, 15) is 4.79 Å². The first kappa shape index (κ1) is 20.2. The molecule has 6 nitrogen and oxygen atoms in total. The van der Waals surface area contributed by atoms with Crippen molar-refractivity contribution in [3.63, 3.8) is 0 Å². The van der Waals surface area contributed by atoms with Crippen LogP contribution in [-0.4, -0.2) is 53.9 Å². The van der Waals surface area contributed by atoms with Gasteiger partial charge in [-0.15, -0.1) is 12.4 Å². The number of hydrogen-bond acceptors (Lipinski definition) is 4. The average Bonchev–Trinajstić information content (AvgIpc) is 3.16. The Morgan fingerprint density at radius 3 is 2.84 bits per heavy atom. The molecule has 1 amide bonds. The lowest BCUT2D eigenvalue weighted by Crippen LogP contribution is -2.42. The van der Waals surface area contributed by atoms with Crippen LogP contribution in [0.3, 0.4) is 0 Å². The van der Waals surface area contributed by atoms with Crippen molar-refractivity contribution in [1.29, 1.82) is 0 Å². The highest BCUT2D eigenvalue weighted by Crippen LogP contribution is 2.39. The van der Waals surface area contributed by atoms with Crippen molar-refractivity contribution >= 4 is 18.3 Å². The molecule has 2 atom stereocenters. The Kier molecular flexibility index (Phi) is 7.28. The first-order valence-corrected chi connectivity index (χ1v) is 9.11. The Morgan fingerprint density at radius 1 is 1.44 bits per heavy atom. The van der Waals surface area contributed by atoms with E-state index < -0.39 is 0 Å². The summed E-state index contributed by atoms with van der Waals surface area (Å²) in [6.45, 7) is 7.76. The first-order chi connectivity index (χ1) is 11.6. The third-order valence-corrected chi connectivity index (χ3v) is 5.22. The Bertz CT molecular complexity index is 559. The van der Waals surface area contributed by atoms with Gasteiger partial charge >= 0.3 is 0 Å². The molecule has 0 aromatic carbocycles. The van der Waals surface area contributed by atoms with Gasteiger partial charge in [0.25, 0.3) is 0 Å². The van der Waals surface area contributed by atoms with Crippen LogP contribution in [0.2, 0.25) is 0 Å². The number of nitrogens with one attached hydrogen (secondary N) is 2. The van der Waals surface area contributed by atoms with E-state index in [4.69, 9.17) is 4.74 Å². The summed E-state index contributed by atoms with van der Waals surface area (Å²) in [7, 11) is 1.63. The van der Waals surface area contributed by atoms with Gasteiger partial charge < -0.3 is 10.1 Å². The predicted molar refractivity (Wildman–Crippen MR) is 99.8 cm³/mol. The van der Waals surface area contributed by atoms with Crippen LogP contribution in [-0.2, 0) is 16.1 Å². The zero-order valence-corrected chi connectivity index (χ0v) is 16.3. The van der Waals surface area contributed by atoms with Crippen LogP contribution >= 0.6 is 12.4 Å². The molecule has 2 N–H and O–H groups in total. The molecule has 2 heterocycles. The maximum Gasteiger partial charge on any atom is 0.222 e. The number of likely N-dealkylation sites (tertiary alicyclic amines) is 1. The molecular weight excluding hydrogens is 340 g/mol. The summed E-state index contributed by atoms with van der Waals surface area (Å²) >= 11 is 0. The van der Waals surface area contributed by atoms with Crippen molar-refractivity contribution in [2.45, 2.75) is 51.6 Å². The van der Waals surface area contributed by atoms with Crippen molar-refractivity contribution in [3.05, 3.63) is 17.5 Å². The molecule has 1 aromatic heterocycles. The van der Waals surface area contributed by atoms with E-state index in [0.717, 1.165) is 19.6 Å². The second-order valence-corrected chi connectivity index (χ2v) is 7.61. The highest BCUT2D eigenvalue weighted by atomic mass is 35.5. The summed E-state index contributed by atoms with van der Waals surface area (Å²) in [6, 6.07) is 2.44. The van der Waals surface area contributed by atoms with Crippen LogP contribution in [0.25, 0.3) is 0 Å². The average molecular weight is 371 g/mol. The van der Waals surface area contributed by atoms with E-state index in [-0.39, 0.29) is 24.4 Å². The summed E-state index contributed by atoms with van der Waals surface area (Å²) in [5, 5.41) is 10.8. The number of aromatic nitrogens is 2. The van der Waals surface area contributed by atoms with Gasteiger partial charge in [0, 0.05) is 50.8 Å². The second-order valence-electron chi connectivity index (χ2n) is 7.61. The molecule has 1 aliphatic heterocycles. The largest absolute Gasteiger partial charge is 0.384 e. The summed E-state index contributed by atoms with van der Waals surface area (Å²) < 4.78 is 5.00. The number of methoxy groups -OCH3 is 1. The van der Waals surface area contributed by atoms with Gasteiger partial charge in [-0.2, -0.15) is 5.10 Å². The van der Waals surface area contributed by atoms with Gasteiger partial charge in [0.1, 0.15) is 0 Å². The molecule has 1 aliphatic carbocycles. The third kappa shape index (κ3) is 5.43. The Labute approximate surface area is 156 Å². The molecule has 3 rings (SSSR count). The molecule has 25 heavy (non-hydrogen) atoms.